The molecule has 0 N–H and O–H groups in total. The van der Waals surface area contributed by atoms with Crippen LogP contribution >= 0.6 is 0 Å². The van der Waals surface area contributed by atoms with Crippen molar-refractivity contribution in [2.24, 2.45) is 0 Å². The zero-order chi connectivity index (χ0) is 10.4. The van der Waals surface area contributed by atoms with Gasteiger partial charge in [0.2, 0.25) is 0 Å². The van der Waals surface area contributed by atoms with E-state index in [0.717, 1.165) is 19.7 Å². The molecule has 0 saturated heterocycles. The first kappa shape index (κ1) is 9.52. The van der Waals surface area contributed by atoms with E-state index in [1.165, 1.54) is 0 Å². The molecule has 3 nitrogen and oxygen atoms in total. The second-order valence-electron chi connectivity index (χ2n) is 3.15. The fraction of sp³-hybridized carbons (Fsp3) is 0. The molecule has 15 heavy (non-hydrogen) atoms. The monoisotopic (exact) mass is 334 g/mol. The van der Waals surface area contributed by atoms with Crippen LogP contribution in [0.25, 0.3) is 10.8 Å². The molecular weight excluding hydrogens is 326 g/mol. The van der Waals surface area contributed by atoms with Gasteiger partial charge in [0.15, 0.2) is 0 Å². The summed E-state index contributed by atoms with van der Waals surface area (Å²) < 4.78 is 29.9. The SMILES string of the molecule is O=[Se]1O[Se](=O)c2cccc3cccc1c23. The van der Waals surface area contributed by atoms with Crippen molar-refractivity contribution in [1.82, 2.24) is 0 Å². The maximum atomic E-state index is 11.7. The Bertz CT molecular complexity index is 558. The van der Waals surface area contributed by atoms with E-state index in [9.17, 15) is 7.67 Å². The molecule has 1 aliphatic heterocycles. The normalized spacial score (nSPS) is 24.3. The molecule has 0 saturated carbocycles. The quantitative estimate of drug-likeness (QED) is 0.644. The van der Waals surface area contributed by atoms with Gasteiger partial charge in [0.1, 0.15) is 0 Å². The van der Waals surface area contributed by atoms with Gasteiger partial charge in [0.05, 0.1) is 0 Å². The average Bonchev–Trinajstić information content (AvgIpc) is 2.25. The summed E-state index contributed by atoms with van der Waals surface area (Å²) in [4.78, 5) is 0. The molecule has 0 amide bonds. The van der Waals surface area contributed by atoms with Crippen LogP contribution in [0.2, 0.25) is 0 Å². The van der Waals surface area contributed by atoms with Crippen LogP contribution in [0.1, 0.15) is 0 Å². The predicted octanol–water partition coefficient (Wildman–Crippen LogP) is 0.121. The summed E-state index contributed by atoms with van der Waals surface area (Å²) in [6.45, 7) is 0. The summed E-state index contributed by atoms with van der Waals surface area (Å²) in [5, 5.41) is 1.87. The van der Waals surface area contributed by atoms with Gasteiger partial charge < -0.3 is 0 Å². The van der Waals surface area contributed by atoms with E-state index < -0.39 is 28.3 Å². The predicted molar refractivity (Wildman–Crippen MR) is 57.2 cm³/mol. The van der Waals surface area contributed by atoms with E-state index in [0.29, 0.717) is 0 Å². The molecule has 0 aromatic heterocycles. The number of hydrogen-bond donors (Lipinski definition) is 0. The van der Waals surface area contributed by atoms with Gasteiger partial charge in [-0.1, -0.05) is 0 Å². The minimum absolute atomic E-state index is 0.721. The standard InChI is InChI=1S/C10H6O3Se2/c11-14-8-5-1-3-7-4-2-6-9(10(7)8)15(12)13-14/h1-6H. The second kappa shape index (κ2) is 3.41. The van der Waals surface area contributed by atoms with Gasteiger partial charge in [0.25, 0.3) is 0 Å². The van der Waals surface area contributed by atoms with Crippen molar-refractivity contribution in [3.63, 3.8) is 0 Å². The third kappa shape index (κ3) is 1.36. The molecule has 3 rings (SSSR count). The minimum atomic E-state index is -2.54. The van der Waals surface area contributed by atoms with Gasteiger partial charge in [-0.15, -0.1) is 0 Å². The molecule has 1 aliphatic rings. The molecule has 0 spiro atoms. The summed E-state index contributed by atoms with van der Waals surface area (Å²) in [6, 6.07) is 11.2. The van der Waals surface area contributed by atoms with Gasteiger partial charge in [0, 0.05) is 0 Å². The van der Waals surface area contributed by atoms with Gasteiger partial charge in [-0.3, -0.25) is 0 Å². The van der Waals surface area contributed by atoms with Crippen LogP contribution in [-0.4, -0.2) is 28.3 Å². The van der Waals surface area contributed by atoms with Gasteiger partial charge in [-0.2, -0.15) is 0 Å². The first-order valence-electron chi connectivity index (χ1n) is 4.31. The number of rotatable bonds is 0. The first-order valence-corrected chi connectivity index (χ1v) is 8.82. The van der Waals surface area contributed by atoms with Crippen molar-refractivity contribution in [1.29, 1.82) is 0 Å². The van der Waals surface area contributed by atoms with E-state index in [-0.39, 0.29) is 0 Å². The summed E-state index contributed by atoms with van der Waals surface area (Å²) in [5.74, 6) is 0. The molecule has 0 aliphatic carbocycles. The Morgan fingerprint density at radius 2 is 1.40 bits per heavy atom. The molecule has 5 heteroatoms. The summed E-state index contributed by atoms with van der Waals surface area (Å²) in [6.07, 6.45) is 0. The average molecular weight is 332 g/mol. The second-order valence-corrected chi connectivity index (χ2v) is 8.73. The van der Waals surface area contributed by atoms with Gasteiger partial charge in [-0.25, -0.2) is 0 Å². The summed E-state index contributed by atoms with van der Waals surface area (Å²) in [5.41, 5.74) is 0. The molecular formula is C10H6O3Se2. The van der Waals surface area contributed by atoms with Crippen LogP contribution in [0, 0.1) is 0 Å². The van der Waals surface area contributed by atoms with E-state index in [1.54, 1.807) is 12.1 Å². The molecule has 0 bridgehead atoms. The van der Waals surface area contributed by atoms with Crippen LogP contribution < -0.4 is 8.92 Å². The Labute approximate surface area is 94.9 Å². The van der Waals surface area contributed by atoms with Crippen LogP contribution in [0.4, 0.5) is 0 Å². The third-order valence-electron chi connectivity index (χ3n) is 2.31. The molecule has 0 atom stereocenters. The van der Waals surface area contributed by atoms with Crippen molar-refractivity contribution in [3.8, 4) is 0 Å². The van der Waals surface area contributed by atoms with Crippen molar-refractivity contribution >= 4 is 48.0 Å². The Hall–Kier alpha value is -0.701. The number of benzene rings is 2. The van der Waals surface area contributed by atoms with E-state index in [1.807, 2.05) is 24.3 Å². The molecule has 2 aromatic carbocycles. The molecule has 0 unspecified atom stereocenters. The van der Waals surface area contributed by atoms with Crippen molar-refractivity contribution in [2.75, 3.05) is 0 Å². The Balaban J connectivity index is 2.56. The van der Waals surface area contributed by atoms with Crippen molar-refractivity contribution < 1.29 is 10.6 Å². The zero-order valence-corrected chi connectivity index (χ0v) is 10.9. The van der Waals surface area contributed by atoms with Gasteiger partial charge >= 0.3 is 95.0 Å². The molecule has 76 valence electrons. The third-order valence-corrected chi connectivity index (χ3v) is 8.46. The van der Waals surface area contributed by atoms with E-state index in [4.69, 9.17) is 2.90 Å². The van der Waals surface area contributed by atoms with Crippen molar-refractivity contribution in [3.05, 3.63) is 36.4 Å². The van der Waals surface area contributed by atoms with Crippen LogP contribution in [0.15, 0.2) is 36.4 Å². The van der Waals surface area contributed by atoms with Gasteiger partial charge in [-0.05, 0) is 0 Å². The fourth-order valence-electron chi connectivity index (χ4n) is 1.68. The molecule has 2 aromatic rings. The van der Waals surface area contributed by atoms with Crippen LogP contribution in [0.3, 0.4) is 0 Å². The Morgan fingerprint density at radius 3 is 1.93 bits per heavy atom. The number of hydrogen-bond acceptors (Lipinski definition) is 3. The zero-order valence-electron chi connectivity index (χ0n) is 7.51. The van der Waals surface area contributed by atoms with E-state index >= 15 is 0 Å². The molecule has 0 radical (unpaired) electrons. The first-order chi connectivity index (χ1) is 7.27. The summed E-state index contributed by atoms with van der Waals surface area (Å²) >= 11 is -5.08. The van der Waals surface area contributed by atoms with E-state index in [2.05, 4.69) is 0 Å². The van der Waals surface area contributed by atoms with Crippen LogP contribution in [-0.2, 0) is 10.6 Å². The fourth-order valence-corrected chi connectivity index (χ4v) is 7.82. The molecule has 1 heterocycles. The maximum absolute atomic E-state index is 11.7. The van der Waals surface area contributed by atoms with Crippen LogP contribution in [0.5, 0.6) is 0 Å². The topological polar surface area (TPSA) is 43.4 Å². The molecule has 0 fully saturated rings. The Morgan fingerprint density at radius 1 is 0.867 bits per heavy atom. The van der Waals surface area contributed by atoms with Crippen molar-refractivity contribution in [2.45, 2.75) is 0 Å². The Kier molecular flexibility index (Phi) is 2.16. The summed E-state index contributed by atoms with van der Waals surface area (Å²) in [7, 11) is 0.